The molecule has 5 saturated carbocycles. The molecule has 276 valence electrons. The van der Waals surface area contributed by atoms with Crippen LogP contribution in [0.4, 0.5) is 0 Å². The minimum absolute atomic E-state index is 0.0328. The molecule has 1 saturated heterocycles. The summed E-state index contributed by atoms with van der Waals surface area (Å²) in [6, 6.07) is 10.4. The SMILES string of the molecule is CC(=O)O[C@H]1CC[C@@]2(C)C(CC[C@]3(C)C2CC[C@]2(C)C4CCC[C@]4(C(=O)N4CCC[C@H]4c4nc(-c5ccccc5)cn4C)CC[C@]23C)[C@]1(C)C=N. The van der Waals surface area contributed by atoms with E-state index >= 15 is 4.79 Å². The van der Waals surface area contributed by atoms with E-state index in [2.05, 4.69) is 81.6 Å². The molecule has 6 fully saturated rings. The summed E-state index contributed by atoms with van der Waals surface area (Å²) < 4.78 is 8.10. The molecule has 7 heteroatoms. The zero-order valence-electron chi connectivity index (χ0n) is 32.4. The van der Waals surface area contributed by atoms with Crippen LogP contribution < -0.4 is 0 Å². The van der Waals surface area contributed by atoms with Gasteiger partial charge in [-0.1, -0.05) is 71.4 Å². The number of aryl methyl sites for hydroxylation is 1. The number of aromatic nitrogens is 2. The molecule has 11 atom stereocenters. The first kappa shape index (κ1) is 35.1. The van der Waals surface area contributed by atoms with Gasteiger partial charge in [0.1, 0.15) is 11.9 Å². The maximum absolute atomic E-state index is 15.3. The Kier molecular flexibility index (Phi) is 8.10. The molecule has 0 radical (unpaired) electrons. The fraction of sp³-hybridized carbons (Fsp3) is 0.727. The van der Waals surface area contributed by atoms with Crippen LogP contribution in [0.3, 0.4) is 0 Å². The van der Waals surface area contributed by atoms with Crippen LogP contribution >= 0.6 is 0 Å². The van der Waals surface area contributed by atoms with Gasteiger partial charge in [-0.2, -0.15) is 0 Å². The van der Waals surface area contributed by atoms with Gasteiger partial charge in [0.05, 0.1) is 17.2 Å². The number of benzene rings is 1. The van der Waals surface area contributed by atoms with Crippen molar-refractivity contribution in [3.8, 4) is 11.3 Å². The second kappa shape index (κ2) is 11.8. The topological polar surface area (TPSA) is 88.3 Å². The van der Waals surface area contributed by atoms with Gasteiger partial charge in [0.15, 0.2) is 0 Å². The highest BCUT2D eigenvalue weighted by molar-refractivity contribution is 5.84. The number of amides is 1. The number of nitrogens with one attached hydrogen (secondary N) is 1. The molecule has 1 N–H and O–H groups in total. The summed E-state index contributed by atoms with van der Waals surface area (Å²) in [4.78, 5) is 34.9. The van der Waals surface area contributed by atoms with Crippen LogP contribution in [0.25, 0.3) is 11.3 Å². The van der Waals surface area contributed by atoms with Gasteiger partial charge in [0.25, 0.3) is 0 Å². The van der Waals surface area contributed by atoms with Crippen LogP contribution in [0, 0.1) is 55.7 Å². The first-order valence-corrected chi connectivity index (χ1v) is 20.3. The molecule has 6 aliphatic rings. The molecule has 1 aliphatic heterocycles. The van der Waals surface area contributed by atoms with Gasteiger partial charge < -0.3 is 19.6 Å². The summed E-state index contributed by atoms with van der Waals surface area (Å²) >= 11 is 0. The summed E-state index contributed by atoms with van der Waals surface area (Å²) in [5.74, 6) is 2.49. The number of rotatable bonds is 5. The van der Waals surface area contributed by atoms with Crippen molar-refractivity contribution >= 4 is 18.1 Å². The molecule has 2 aromatic rings. The number of hydrogen-bond acceptors (Lipinski definition) is 5. The van der Waals surface area contributed by atoms with E-state index in [4.69, 9.17) is 15.1 Å². The monoisotopic (exact) mass is 694 g/mol. The highest BCUT2D eigenvalue weighted by Crippen LogP contribution is 2.80. The summed E-state index contributed by atoms with van der Waals surface area (Å²) in [5.41, 5.74) is 1.83. The van der Waals surface area contributed by atoms with Crippen LogP contribution in [0.15, 0.2) is 36.5 Å². The van der Waals surface area contributed by atoms with Gasteiger partial charge in [-0.25, -0.2) is 4.98 Å². The maximum atomic E-state index is 15.3. The van der Waals surface area contributed by atoms with Crippen molar-refractivity contribution < 1.29 is 14.3 Å². The van der Waals surface area contributed by atoms with Gasteiger partial charge in [-0.15, -0.1) is 0 Å². The van der Waals surface area contributed by atoms with Gasteiger partial charge in [-0.05, 0) is 116 Å². The van der Waals surface area contributed by atoms with E-state index in [0.717, 1.165) is 94.3 Å². The molecule has 5 aliphatic carbocycles. The van der Waals surface area contributed by atoms with Crippen molar-refractivity contribution in [2.45, 2.75) is 137 Å². The van der Waals surface area contributed by atoms with E-state index in [1.54, 1.807) is 6.21 Å². The molecule has 1 amide bonds. The van der Waals surface area contributed by atoms with E-state index in [1.165, 1.54) is 19.8 Å². The average Bonchev–Trinajstić information content (AvgIpc) is 3.86. The number of carbonyl (C=O) groups is 2. The Bertz CT molecular complexity index is 1720. The Labute approximate surface area is 306 Å². The van der Waals surface area contributed by atoms with Gasteiger partial charge in [0, 0.05) is 43.9 Å². The summed E-state index contributed by atoms with van der Waals surface area (Å²) in [6.45, 7) is 15.0. The third-order valence-electron chi connectivity index (χ3n) is 17.6. The number of likely N-dealkylation sites (tertiary alicyclic amines) is 1. The zero-order chi connectivity index (χ0) is 36.2. The smallest absolute Gasteiger partial charge is 0.302 e. The van der Waals surface area contributed by atoms with Crippen molar-refractivity contribution in [2.24, 2.45) is 57.3 Å². The molecule has 8 rings (SSSR count). The molecule has 0 spiro atoms. The number of ether oxygens (including phenoxy) is 1. The molecular weight excluding hydrogens is 633 g/mol. The number of imidazole rings is 1. The van der Waals surface area contributed by atoms with Crippen LogP contribution in [0.5, 0.6) is 0 Å². The molecule has 7 nitrogen and oxygen atoms in total. The highest BCUT2D eigenvalue weighted by Gasteiger charge is 2.75. The van der Waals surface area contributed by atoms with Crippen LogP contribution in [-0.2, 0) is 21.4 Å². The number of hydrogen-bond donors (Lipinski definition) is 1. The fourth-order valence-corrected chi connectivity index (χ4v) is 14.9. The summed E-state index contributed by atoms with van der Waals surface area (Å²) in [7, 11) is 2.10. The third-order valence-corrected chi connectivity index (χ3v) is 17.6. The molecule has 2 heterocycles. The highest BCUT2D eigenvalue weighted by atomic mass is 16.5. The summed E-state index contributed by atoms with van der Waals surface area (Å²) in [5, 5.41) is 8.65. The van der Waals surface area contributed by atoms with Crippen molar-refractivity contribution in [3.63, 3.8) is 0 Å². The van der Waals surface area contributed by atoms with Crippen molar-refractivity contribution in [1.82, 2.24) is 14.5 Å². The summed E-state index contributed by atoms with van der Waals surface area (Å²) in [6.07, 6.45) is 17.5. The first-order valence-electron chi connectivity index (χ1n) is 20.3. The van der Waals surface area contributed by atoms with Crippen molar-refractivity contribution in [1.29, 1.82) is 5.41 Å². The second-order valence-electron chi connectivity index (χ2n) is 19.2. The van der Waals surface area contributed by atoms with Crippen molar-refractivity contribution in [3.05, 3.63) is 42.4 Å². The lowest BCUT2D eigenvalue weighted by Gasteiger charge is -2.75. The Morgan fingerprint density at radius 3 is 2.25 bits per heavy atom. The third kappa shape index (κ3) is 4.60. The maximum Gasteiger partial charge on any atom is 0.302 e. The zero-order valence-corrected chi connectivity index (χ0v) is 32.4. The Hall–Kier alpha value is -2.96. The largest absolute Gasteiger partial charge is 0.462 e. The minimum Gasteiger partial charge on any atom is -0.462 e. The predicted octanol–water partition coefficient (Wildman–Crippen LogP) is 9.56. The number of carbonyl (C=O) groups excluding carboxylic acids is 2. The Balaban J connectivity index is 1.10. The quantitative estimate of drug-likeness (QED) is 0.250. The van der Waals surface area contributed by atoms with Crippen LogP contribution in [0.2, 0.25) is 0 Å². The van der Waals surface area contributed by atoms with Crippen LogP contribution in [0.1, 0.15) is 137 Å². The lowest BCUT2D eigenvalue weighted by Crippen LogP contribution is -2.70. The van der Waals surface area contributed by atoms with E-state index in [-0.39, 0.29) is 45.2 Å². The molecule has 51 heavy (non-hydrogen) atoms. The number of fused-ring (bicyclic) bond motifs is 7. The Morgan fingerprint density at radius 1 is 0.843 bits per heavy atom. The van der Waals surface area contributed by atoms with E-state index in [1.807, 2.05) is 6.07 Å². The van der Waals surface area contributed by atoms with Gasteiger partial charge >= 0.3 is 5.97 Å². The number of esters is 1. The molecule has 1 aromatic heterocycles. The normalized spacial score (nSPS) is 44.5. The lowest BCUT2D eigenvalue weighted by atomic mass is 9.29. The van der Waals surface area contributed by atoms with Crippen molar-refractivity contribution in [2.75, 3.05) is 6.54 Å². The average molecular weight is 695 g/mol. The molecular formula is C44H62N4O3. The fourth-order valence-electron chi connectivity index (χ4n) is 14.9. The first-order chi connectivity index (χ1) is 24.2. The van der Waals surface area contributed by atoms with Gasteiger partial charge in [-0.3, -0.25) is 9.59 Å². The molecule has 3 unspecified atom stereocenters. The van der Waals surface area contributed by atoms with E-state index in [9.17, 15) is 4.79 Å². The molecule has 1 aromatic carbocycles. The van der Waals surface area contributed by atoms with Crippen LogP contribution in [-0.4, -0.2) is 45.2 Å². The minimum atomic E-state index is -0.442. The Morgan fingerprint density at radius 2 is 1.55 bits per heavy atom. The van der Waals surface area contributed by atoms with Gasteiger partial charge in [0.2, 0.25) is 5.91 Å². The second-order valence-corrected chi connectivity index (χ2v) is 19.2. The van der Waals surface area contributed by atoms with E-state index in [0.29, 0.717) is 23.7 Å². The lowest BCUT2D eigenvalue weighted by molar-refractivity contribution is -0.270. The number of nitrogens with zero attached hydrogens (tertiary/aromatic N) is 3. The standard InChI is InChI=1S/C44H62N4O3/c1-29(49)51-36-19-21-39(2)33(40(36,3)28-45)17-22-41(4)34(39)18-23-42(5)35-16-11-20-44(35,25-24-43(41,42)6)38(50)48-26-12-15-32(48)37-46-31(27-47(37)7)30-13-9-8-10-14-30/h8-10,13-14,27-28,32-36,45H,11-12,15-26H2,1-7H3/t32-,33?,34?,35?,36-,39-,40-,41+,42+,43-,44-/m0/s1. The van der Waals surface area contributed by atoms with E-state index < -0.39 is 5.41 Å². The molecule has 0 bridgehead atoms. The predicted molar refractivity (Wildman–Crippen MR) is 201 cm³/mol.